The van der Waals surface area contributed by atoms with E-state index in [0.29, 0.717) is 25.9 Å². The second-order valence-corrected chi connectivity index (χ2v) is 5.66. The Morgan fingerprint density at radius 3 is 2.48 bits per heavy atom. The van der Waals surface area contributed by atoms with Gasteiger partial charge in [-0.2, -0.15) is 0 Å². The molecule has 2 rings (SSSR count). The SMILES string of the molecule is COC(=O)CC1(N)CCN(OC(=O)OCc2ccccc2)CC1. The van der Waals surface area contributed by atoms with Gasteiger partial charge in [0.1, 0.15) is 6.61 Å². The Morgan fingerprint density at radius 1 is 1.22 bits per heavy atom. The van der Waals surface area contributed by atoms with E-state index in [1.807, 2.05) is 30.3 Å². The number of ether oxygens (including phenoxy) is 2. The van der Waals surface area contributed by atoms with Crippen molar-refractivity contribution in [2.45, 2.75) is 31.4 Å². The average Bonchev–Trinajstić information content (AvgIpc) is 2.56. The van der Waals surface area contributed by atoms with Crippen LogP contribution in [0.4, 0.5) is 4.79 Å². The highest BCUT2D eigenvalue weighted by molar-refractivity contribution is 5.70. The first kappa shape index (κ1) is 17.2. The molecule has 1 aromatic carbocycles. The van der Waals surface area contributed by atoms with Crippen molar-refractivity contribution in [1.29, 1.82) is 0 Å². The zero-order chi connectivity index (χ0) is 16.7. The van der Waals surface area contributed by atoms with Gasteiger partial charge in [0.2, 0.25) is 0 Å². The Balaban J connectivity index is 1.71. The van der Waals surface area contributed by atoms with E-state index in [-0.39, 0.29) is 19.0 Å². The van der Waals surface area contributed by atoms with Crippen LogP contribution >= 0.6 is 0 Å². The first-order valence-electron chi connectivity index (χ1n) is 7.50. The fourth-order valence-corrected chi connectivity index (χ4v) is 2.41. The van der Waals surface area contributed by atoms with Gasteiger partial charge < -0.3 is 20.0 Å². The van der Waals surface area contributed by atoms with Gasteiger partial charge in [-0.3, -0.25) is 4.79 Å². The molecule has 1 saturated heterocycles. The summed E-state index contributed by atoms with van der Waals surface area (Å²) in [6.07, 6.45) is 0.490. The topological polar surface area (TPSA) is 91.1 Å². The minimum atomic E-state index is -0.744. The van der Waals surface area contributed by atoms with Crippen LogP contribution in [0.15, 0.2) is 30.3 Å². The molecule has 1 heterocycles. The highest BCUT2D eigenvalue weighted by Crippen LogP contribution is 2.23. The fourth-order valence-electron chi connectivity index (χ4n) is 2.41. The molecule has 126 valence electrons. The number of esters is 1. The van der Waals surface area contributed by atoms with Crippen molar-refractivity contribution in [2.24, 2.45) is 5.73 Å². The van der Waals surface area contributed by atoms with Crippen molar-refractivity contribution in [2.75, 3.05) is 20.2 Å². The van der Waals surface area contributed by atoms with Crippen LogP contribution in [0.25, 0.3) is 0 Å². The number of nitrogens with two attached hydrogens (primary N) is 1. The number of benzene rings is 1. The third-order valence-electron chi connectivity index (χ3n) is 3.85. The Morgan fingerprint density at radius 2 is 1.87 bits per heavy atom. The van der Waals surface area contributed by atoms with E-state index in [4.69, 9.17) is 15.3 Å². The smallest absolute Gasteiger partial charge is 0.469 e. The predicted octanol–water partition coefficient (Wildman–Crippen LogP) is 1.61. The molecular weight excluding hydrogens is 300 g/mol. The van der Waals surface area contributed by atoms with Crippen LogP contribution < -0.4 is 5.73 Å². The quantitative estimate of drug-likeness (QED) is 0.823. The van der Waals surface area contributed by atoms with E-state index < -0.39 is 11.7 Å². The molecule has 0 aliphatic carbocycles. The summed E-state index contributed by atoms with van der Waals surface area (Å²) in [6, 6.07) is 9.37. The summed E-state index contributed by atoms with van der Waals surface area (Å²) >= 11 is 0. The van der Waals surface area contributed by atoms with Crippen molar-refractivity contribution in [3.8, 4) is 0 Å². The number of rotatable bonds is 5. The molecule has 23 heavy (non-hydrogen) atoms. The van der Waals surface area contributed by atoms with Crippen LogP contribution in [0, 0.1) is 0 Å². The van der Waals surface area contributed by atoms with E-state index in [1.165, 1.54) is 12.2 Å². The van der Waals surface area contributed by atoms with Crippen molar-refractivity contribution in [3.05, 3.63) is 35.9 Å². The van der Waals surface area contributed by atoms with Crippen molar-refractivity contribution >= 4 is 12.1 Å². The molecule has 1 aliphatic heterocycles. The molecule has 0 atom stereocenters. The molecule has 2 N–H and O–H groups in total. The van der Waals surface area contributed by atoms with E-state index in [9.17, 15) is 9.59 Å². The summed E-state index contributed by atoms with van der Waals surface area (Å²) in [5, 5.41) is 1.51. The maximum Gasteiger partial charge on any atom is 0.528 e. The molecule has 7 heteroatoms. The second kappa shape index (κ2) is 7.94. The van der Waals surface area contributed by atoms with Gasteiger partial charge in [0.05, 0.1) is 13.5 Å². The molecule has 7 nitrogen and oxygen atoms in total. The van der Waals surface area contributed by atoms with Crippen molar-refractivity contribution in [1.82, 2.24) is 5.06 Å². The molecule has 0 unspecified atom stereocenters. The Labute approximate surface area is 135 Å². The van der Waals surface area contributed by atoms with Crippen molar-refractivity contribution in [3.63, 3.8) is 0 Å². The van der Waals surface area contributed by atoms with Gasteiger partial charge in [0.15, 0.2) is 0 Å². The summed E-state index contributed by atoms with van der Waals surface area (Å²) in [5.74, 6) is -0.330. The van der Waals surface area contributed by atoms with Gasteiger partial charge in [-0.1, -0.05) is 30.3 Å². The first-order valence-corrected chi connectivity index (χ1v) is 7.50. The zero-order valence-electron chi connectivity index (χ0n) is 13.2. The number of nitrogens with zero attached hydrogens (tertiary/aromatic N) is 1. The standard InChI is InChI=1S/C16H22N2O5/c1-21-14(19)11-16(17)7-9-18(10-8-16)23-15(20)22-12-13-5-3-2-4-6-13/h2-6H,7-12,17H2,1H3. The van der Waals surface area contributed by atoms with E-state index in [2.05, 4.69) is 4.74 Å². The van der Waals surface area contributed by atoms with Gasteiger partial charge in [0.25, 0.3) is 0 Å². The normalized spacial score (nSPS) is 17.3. The Hall–Kier alpha value is -2.12. The minimum absolute atomic E-state index is 0.162. The molecule has 1 aromatic rings. The molecule has 0 spiro atoms. The lowest BCUT2D eigenvalue weighted by Gasteiger charge is -2.36. The largest absolute Gasteiger partial charge is 0.528 e. The highest BCUT2D eigenvalue weighted by atomic mass is 16.8. The highest BCUT2D eigenvalue weighted by Gasteiger charge is 2.34. The summed E-state index contributed by atoms with van der Waals surface area (Å²) in [4.78, 5) is 28.2. The number of piperidine rings is 1. The van der Waals surface area contributed by atoms with Crippen LogP contribution in [0.1, 0.15) is 24.8 Å². The molecule has 0 amide bonds. The van der Waals surface area contributed by atoms with Gasteiger partial charge in [-0.25, -0.2) is 4.79 Å². The summed E-state index contributed by atoms with van der Waals surface area (Å²) in [5.41, 5.74) is 6.44. The fraction of sp³-hybridized carbons (Fsp3) is 0.500. The van der Waals surface area contributed by atoms with Crippen LogP contribution in [0.3, 0.4) is 0 Å². The lowest BCUT2D eigenvalue weighted by molar-refractivity contribution is -0.153. The number of hydrogen-bond acceptors (Lipinski definition) is 7. The molecule has 0 radical (unpaired) electrons. The van der Waals surface area contributed by atoms with Gasteiger partial charge in [0, 0.05) is 18.6 Å². The van der Waals surface area contributed by atoms with Crippen LogP contribution in [-0.4, -0.2) is 42.9 Å². The summed E-state index contributed by atoms with van der Waals surface area (Å²) in [6.45, 7) is 1.07. The van der Waals surface area contributed by atoms with Crippen LogP contribution in [0.5, 0.6) is 0 Å². The van der Waals surface area contributed by atoms with Gasteiger partial charge in [-0.05, 0) is 18.4 Å². The summed E-state index contributed by atoms with van der Waals surface area (Å²) in [7, 11) is 1.34. The average molecular weight is 322 g/mol. The first-order chi connectivity index (χ1) is 11.0. The van der Waals surface area contributed by atoms with E-state index in [0.717, 1.165) is 5.56 Å². The van der Waals surface area contributed by atoms with E-state index in [1.54, 1.807) is 0 Å². The number of carbonyl (C=O) groups excluding carboxylic acids is 2. The minimum Gasteiger partial charge on any atom is -0.469 e. The van der Waals surface area contributed by atoms with Crippen LogP contribution in [0.2, 0.25) is 0 Å². The number of carbonyl (C=O) groups is 2. The molecule has 1 aliphatic rings. The number of methoxy groups -OCH3 is 1. The van der Waals surface area contributed by atoms with E-state index >= 15 is 0 Å². The lowest BCUT2D eigenvalue weighted by atomic mass is 9.86. The maximum absolute atomic E-state index is 11.7. The van der Waals surface area contributed by atoms with Gasteiger partial charge >= 0.3 is 12.1 Å². The lowest BCUT2D eigenvalue weighted by Crippen LogP contribution is -2.51. The number of hydrogen-bond donors (Lipinski definition) is 1. The third-order valence-corrected chi connectivity index (χ3v) is 3.85. The van der Waals surface area contributed by atoms with Crippen LogP contribution in [-0.2, 0) is 25.7 Å². The second-order valence-electron chi connectivity index (χ2n) is 5.66. The zero-order valence-corrected chi connectivity index (χ0v) is 13.2. The number of hydroxylamine groups is 2. The third kappa shape index (κ3) is 5.54. The molecule has 0 aromatic heterocycles. The molecular formula is C16H22N2O5. The Kier molecular flexibility index (Phi) is 5.95. The maximum atomic E-state index is 11.7. The predicted molar refractivity (Wildman–Crippen MR) is 82.1 cm³/mol. The van der Waals surface area contributed by atoms with Gasteiger partial charge in [-0.15, -0.1) is 5.06 Å². The van der Waals surface area contributed by atoms with Crippen molar-refractivity contribution < 1.29 is 23.9 Å². The molecule has 1 fully saturated rings. The summed E-state index contributed by atoms with van der Waals surface area (Å²) < 4.78 is 9.70. The monoisotopic (exact) mass is 322 g/mol. The molecule has 0 bridgehead atoms. The molecule has 0 saturated carbocycles. The Bertz CT molecular complexity index is 527.